The monoisotopic (exact) mass is 523 g/mol. The van der Waals surface area contributed by atoms with Gasteiger partial charge >= 0.3 is 6.18 Å². The summed E-state index contributed by atoms with van der Waals surface area (Å²) in [6.07, 6.45) is -2.83. The van der Waals surface area contributed by atoms with Crippen molar-refractivity contribution >= 4 is 28.4 Å². The number of carbonyl (C=O) groups is 1. The molecule has 3 aromatic carbocycles. The van der Waals surface area contributed by atoms with Crippen molar-refractivity contribution in [3.8, 4) is 11.1 Å². The molecule has 5 rings (SSSR count). The van der Waals surface area contributed by atoms with Gasteiger partial charge in [0, 0.05) is 36.6 Å². The highest BCUT2D eigenvalue weighted by Crippen LogP contribution is 2.32. The second-order valence-corrected chi connectivity index (χ2v) is 9.66. The van der Waals surface area contributed by atoms with Gasteiger partial charge in [-0.3, -0.25) is 14.7 Å². The molecule has 1 aliphatic rings. The second kappa shape index (κ2) is 10.5. The molecule has 1 fully saturated rings. The number of fused-ring (bicyclic) bond motifs is 1. The number of nitrogens with one attached hydrogen (secondary N) is 1. The number of nitrogens with zero attached hydrogens (tertiary/aromatic N) is 2. The largest absolute Gasteiger partial charge is 0.416 e. The molecule has 4 aromatic rings. The van der Waals surface area contributed by atoms with Crippen molar-refractivity contribution in [2.45, 2.75) is 31.6 Å². The smallest absolute Gasteiger partial charge is 0.349 e. The van der Waals surface area contributed by atoms with Crippen LogP contribution in [0.3, 0.4) is 0 Å². The Hall–Kier alpha value is -3.42. The predicted molar refractivity (Wildman–Crippen MR) is 139 cm³/mol. The summed E-state index contributed by atoms with van der Waals surface area (Å²) in [6.45, 7) is 2.29. The Balaban J connectivity index is 1.21. The van der Waals surface area contributed by atoms with E-state index in [0.29, 0.717) is 28.3 Å². The highest BCUT2D eigenvalue weighted by atomic mass is 35.5. The summed E-state index contributed by atoms with van der Waals surface area (Å²) in [7, 11) is 0. The number of alkyl halides is 3. The second-order valence-electron chi connectivity index (χ2n) is 9.26. The van der Waals surface area contributed by atoms with Crippen LogP contribution >= 0.6 is 11.6 Å². The van der Waals surface area contributed by atoms with E-state index in [1.54, 1.807) is 24.3 Å². The molecular weight excluding hydrogens is 499 g/mol. The molecule has 0 saturated carbocycles. The van der Waals surface area contributed by atoms with Gasteiger partial charge in [0.1, 0.15) is 0 Å². The van der Waals surface area contributed by atoms with Gasteiger partial charge in [-0.05, 0) is 54.3 Å². The fourth-order valence-corrected chi connectivity index (χ4v) is 5.05. The van der Waals surface area contributed by atoms with E-state index >= 15 is 0 Å². The first kappa shape index (κ1) is 25.2. The number of halogens is 4. The summed E-state index contributed by atoms with van der Waals surface area (Å²) in [4.78, 5) is 20.2. The zero-order chi connectivity index (χ0) is 26.0. The lowest BCUT2D eigenvalue weighted by atomic mass is 9.97. The Labute approximate surface area is 218 Å². The standard InChI is InChI=1S/C29H25ClF3N3O/c30-26-17-22(34-27-8-4-3-7-25(26)27)18-36-15-13-21(14-16-36)35-28(37)24-6-2-1-5-23(24)19-9-11-20(12-10-19)29(31,32)33/h1-12,17,21H,13-16,18H2,(H,35,37). The van der Waals surface area contributed by atoms with Gasteiger partial charge < -0.3 is 5.32 Å². The fourth-order valence-electron chi connectivity index (χ4n) is 4.76. The molecule has 1 saturated heterocycles. The molecule has 4 nitrogen and oxygen atoms in total. The molecule has 0 radical (unpaired) electrons. The number of amides is 1. The normalized spacial score (nSPS) is 15.1. The molecule has 1 N–H and O–H groups in total. The van der Waals surface area contributed by atoms with Crippen LogP contribution < -0.4 is 5.32 Å². The van der Waals surface area contributed by atoms with E-state index in [1.807, 2.05) is 30.3 Å². The Kier molecular flexibility index (Phi) is 7.17. The average molecular weight is 524 g/mol. The summed E-state index contributed by atoms with van der Waals surface area (Å²) in [5.74, 6) is -0.225. The summed E-state index contributed by atoms with van der Waals surface area (Å²) >= 11 is 6.45. The van der Waals surface area contributed by atoms with Gasteiger partial charge in [-0.1, -0.05) is 60.1 Å². The lowest BCUT2D eigenvalue weighted by molar-refractivity contribution is -0.137. The predicted octanol–water partition coefficient (Wildman–Crippen LogP) is 6.97. The van der Waals surface area contributed by atoms with Gasteiger partial charge in [0.2, 0.25) is 0 Å². The number of para-hydroxylation sites is 1. The maximum atomic E-state index is 13.1. The van der Waals surface area contributed by atoms with Crippen molar-refractivity contribution in [1.29, 1.82) is 0 Å². The Morgan fingerprint density at radius 2 is 1.65 bits per heavy atom. The lowest BCUT2D eigenvalue weighted by Gasteiger charge is -2.32. The van der Waals surface area contributed by atoms with E-state index in [9.17, 15) is 18.0 Å². The topological polar surface area (TPSA) is 45.2 Å². The van der Waals surface area contributed by atoms with Crippen molar-refractivity contribution in [3.05, 3.63) is 101 Å². The number of hydrogen-bond donors (Lipinski definition) is 1. The number of hydrogen-bond acceptors (Lipinski definition) is 3. The van der Waals surface area contributed by atoms with E-state index in [0.717, 1.165) is 54.7 Å². The molecule has 37 heavy (non-hydrogen) atoms. The molecule has 0 aliphatic carbocycles. The zero-order valence-corrected chi connectivity index (χ0v) is 20.7. The Bertz CT molecular complexity index is 1410. The van der Waals surface area contributed by atoms with Crippen LogP contribution in [0.4, 0.5) is 13.2 Å². The first-order valence-electron chi connectivity index (χ1n) is 12.1. The summed E-state index contributed by atoms with van der Waals surface area (Å²) in [5.41, 5.74) is 2.68. The molecule has 0 unspecified atom stereocenters. The molecule has 190 valence electrons. The maximum absolute atomic E-state index is 13.1. The van der Waals surface area contributed by atoms with E-state index in [4.69, 9.17) is 16.6 Å². The SMILES string of the molecule is O=C(NC1CCN(Cc2cc(Cl)c3ccccc3n2)CC1)c1ccccc1-c1ccc(C(F)(F)F)cc1. The minimum atomic E-state index is -4.40. The Morgan fingerprint density at radius 1 is 0.973 bits per heavy atom. The average Bonchev–Trinajstić information content (AvgIpc) is 2.89. The lowest BCUT2D eigenvalue weighted by Crippen LogP contribution is -2.44. The van der Waals surface area contributed by atoms with Crippen LogP contribution in [0.2, 0.25) is 5.02 Å². The minimum Gasteiger partial charge on any atom is -0.349 e. The molecule has 8 heteroatoms. The van der Waals surface area contributed by atoms with E-state index in [1.165, 1.54) is 12.1 Å². The van der Waals surface area contributed by atoms with Crippen LogP contribution in [0.5, 0.6) is 0 Å². The third-order valence-corrected chi connectivity index (χ3v) is 7.03. The highest BCUT2D eigenvalue weighted by Gasteiger charge is 2.30. The molecule has 0 bridgehead atoms. The van der Waals surface area contributed by atoms with Crippen molar-refractivity contribution < 1.29 is 18.0 Å². The molecular formula is C29H25ClF3N3O. The third-order valence-electron chi connectivity index (χ3n) is 6.72. The third kappa shape index (κ3) is 5.78. The summed E-state index contributed by atoms with van der Waals surface area (Å²) in [5, 5.41) is 4.74. The number of carbonyl (C=O) groups excluding carboxylic acids is 1. The maximum Gasteiger partial charge on any atom is 0.416 e. The first-order chi connectivity index (χ1) is 17.8. The van der Waals surface area contributed by atoms with Gasteiger partial charge in [0.25, 0.3) is 5.91 Å². The van der Waals surface area contributed by atoms with E-state index in [-0.39, 0.29) is 11.9 Å². The minimum absolute atomic E-state index is 0.0116. The van der Waals surface area contributed by atoms with Gasteiger partial charge in [0.15, 0.2) is 0 Å². The number of benzene rings is 3. The Morgan fingerprint density at radius 3 is 2.38 bits per heavy atom. The molecule has 1 aliphatic heterocycles. The number of aromatic nitrogens is 1. The molecule has 0 atom stereocenters. The molecule has 1 aromatic heterocycles. The van der Waals surface area contributed by atoms with Gasteiger partial charge in [-0.15, -0.1) is 0 Å². The molecule has 0 spiro atoms. The highest BCUT2D eigenvalue weighted by molar-refractivity contribution is 6.35. The van der Waals surface area contributed by atoms with Crippen LogP contribution in [0.15, 0.2) is 78.9 Å². The molecule has 1 amide bonds. The summed E-state index contributed by atoms with van der Waals surface area (Å²) in [6, 6.07) is 21.6. The van der Waals surface area contributed by atoms with Crippen LogP contribution in [-0.4, -0.2) is 34.9 Å². The van der Waals surface area contributed by atoms with Gasteiger partial charge in [0.05, 0.1) is 21.8 Å². The van der Waals surface area contributed by atoms with Gasteiger partial charge in [-0.2, -0.15) is 13.2 Å². The van der Waals surface area contributed by atoms with Crippen LogP contribution in [0.25, 0.3) is 22.0 Å². The van der Waals surface area contributed by atoms with Crippen LogP contribution in [-0.2, 0) is 12.7 Å². The van der Waals surface area contributed by atoms with Crippen LogP contribution in [0, 0.1) is 0 Å². The van der Waals surface area contributed by atoms with Gasteiger partial charge in [-0.25, -0.2) is 0 Å². The van der Waals surface area contributed by atoms with Crippen molar-refractivity contribution in [2.75, 3.05) is 13.1 Å². The van der Waals surface area contributed by atoms with Crippen LogP contribution in [0.1, 0.15) is 34.5 Å². The number of pyridine rings is 1. The van der Waals surface area contributed by atoms with Crippen molar-refractivity contribution in [2.24, 2.45) is 0 Å². The number of likely N-dealkylation sites (tertiary alicyclic amines) is 1. The first-order valence-corrected chi connectivity index (χ1v) is 12.5. The number of rotatable bonds is 5. The van der Waals surface area contributed by atoms with E-state index < -0.39 is 11.7 Å². The summed E-state index contributed by atoms with van der Waals surface area (Å²) < 4.78 is 38.8. The van der Waals surface area contributed by atoms with Crippen molar-refractivity contribution in [3.63, 3.8) is 0 Å². The van der Waals surface area contributed by atoms with E-state index in [2.05, 4.69) is 10.2 Å². The quantitative estimate of drug-likeness (QED) is 0.307. The zero-order valence-electron chi connectivity index (χ0n) is 19.9. The van der Waals surface area contributed by atoms with Crippen molar-refractivity contribution in [1.82, 2.24) is 15.2 Å². The molecule has 2 heterocycles. The number of piperidine rings is 1. The fraction of sp³-hybridized carbons (Fsp3) is 0.241.